The van der Waals surface area contributed by atoms with Gasteiger partial charge in [0.25, 0.3) is 5.91 Å². The zero-order valence-corrected chi connectivity index (χ0v) is 12.2. The minimum absolute atomic E-state index is 0.0349. The highest BCUT2D eigenvalue weighted by molar-refractivity contribution is 5.91. The molecule has 7 heteroatoms. The van der Waals surface area contributed by atoms with Crippen LogP contribution in [0.3, 0.4) is 0 Å². The van der Waals surface area contributed by atoms with Crippen molar-refractivity contribution >= 4 is 11.9 Å². The molecule has 0 unspecified atom stereocenters. The minimum atomic E-state index is -1.14. The Balaban J connectivity index is 2.80. The molecule has 1 atom stereocenters. The zero-order chi connectivity index (χ0) is 15.8. The number of nitrogens with one attached hydrogen (secondary N) is 1. The van der Waals surface area contributed by atoms with Crippen molar-refractivity contribution in [2.45, 2.75) is 13.0 Å². The first kappa shape index (κ1) is 16.8. The lowest BCUT2D eigenvalue weighted by molar-refractivity contribution is -0.127. The van der Waals surface area contributed by atoms with Crippen molar-refractivity contribution in [2.75, 3.05) is 27.4 Å². The summed E-state index contributed by atoms with van der Waals surface area (Å²) in [6, 6.07) is 4.31. The van der Waals surface area contributed by atoms with E-state index in [-0.39, 0.29) is 17.2 Å². The average molecular weight is 297 g/mol. The van der Waals surface area contributed by atoms with Crippen LogP contribution < -0.4 is 14.8 Å². The Bertz CT molecular complexity index is 502. The number of methoxy groups -OCH3 is 2. The van der Waals surface area contributed by atoms with Crippen molar-refractivity contribution in [3.8, 4) is 11.5 Å². The zero-order valence-electron chi connectivity index (χ0n) is 12.2. The highest BCUT2D eigenvalue weighted by atomic mass is 16.5. The number of ether oxygens (including phenoxy) is 3. The van der Waals surface area contributed by atoms with E-state index < -0.39 is 12.1 Å². The summed E-state index contributed by atoms with van der Waals surface area (Å²) in [5, 5.41) is 11.7. The molecule has 0 aliphatic heterocycles. The Hall–Kier alpha value is -2.28. The lowest BCUT2D eigenvalue weighted by atomic mass is 10.2. The molecule has 1 rings (SSSR count). The van der Waals surface area contributed by atoms with E-state index in [9.17, 15) is 9.59 Å². The number of carbonyl (C=O) groups is 2. The van der Waals surface area contributed by atoms with Gasteiger partial charge in [0.05, 0.1) is 13.7 Å². The maximum atomic E-state index is 11.8. The van der Waals surface area contributed by atoms with Crippen LogP contribution in [-0.4, -0.2) is 50.5 Å². The van der Waals surface area contributed by atoms with Gasteiger partial charge < -0.3 is 24.6 Å². The Labute approximate surface area is 122 Å². The molecule has 1 amide bonds. The molecule has 0 heterocycles. The fraction of sp³-hybridized carbons (Fsp3) is 0.429. The van der Waals surface area contributed by atoms with Crippen LogP contribution in [0.15, 0.2) is 18.2 Å². The van der Waals surface area contributed by atoms with Crippen molar-refractivity contribution < 1.29 is 28.9 Å². The first-order chi connectivity index (χ1) is 9.99. The third-order valence-corrected chi connectivity index (χ3v) is 2.70. The number of carbonyl (C=O) groups excluding carboxylic acids is 1. The average Bonchev–Trinajstić information content (AvgIpc) is 2.46. The van der Waals surface area contributed by atoms with Crippen LogP contribution in [0.25, 0.3) is 0 Å². The maximum absolute atomic E-state index is 11.8. The van der Waals surface area contributed by atoms with E-state index in [0.717, 1.165) is 0 Å². The molecular formula is C14H19NO6. The number of amides is 1. The number of carboxylic acid groups (broad SMARTS) is 1. The lowest BCUT2D eigenvalue weighted by Crippen LogP contribution is -2.38. The van der Waals surface area contributed by atoms with Crippen LogP contribution in [0, 0.1) is 0 Å². The van der Waals surface area contributed by atoms with Gasteiger partial charge in [-0.25, -0.2) is 4.79 Å². The first-order valence-electron chi connectivity index (χ1n) is 6.34. The summed E-state index contributed by atoms with van der Waals surface area (Å²) in [6.45, 7) is 2.28. The second kappa shape index (κ2) is 8.11. The highest BCUT2D eigenvalue weighted by Gasteiger charge is 2.19. The van der Waals surface area contributed by atoms with Gasteiger partial charge in [0.15, 0.2) is 6.10 Å². The van der Waals surface area contributed by atoms with E-state index in [1.165, 1.54) is 39.3 Å². The number of hydrogen-bond acceptors (Lipinski definition) is 5. The van der Waals surface area contributed by atoms with Crippen molar-refractivity contribution in [2.24, 2.45) is 0 Å². The van der Waals surface area contributed by atoms with Crippen LogP contribution in [-0.2, 0) is 9.53 Å². The fourth-order valence-electron chi connectivity index (χ4n) is 1.57. The summed E-state index contributed by atoms with van der Waals surface area (Å²) >= 11 is 0. The molecule has 0 aliphatic carbocycles. The third-order valence-electron chi connectivity index (χ3n) is 2.70. The topological polar surface area (TPSA) is 94.1 Å². The van der Waals surface area contributed by atoms with E-state index >= 15 is 0 Å². The van der Waals surface area contributed by atoms with Gasteiger partial charge in [-0.1, -0.05) is 0 Å². The molecule has 0 saturated heterocycles. The number of rotatable bonds is 8. The van der Waals surface area contributed by atoms with Gasteiger partial charge in [0, 0.05) is 19.7 Å². The van der Waals surface area contributed by atoms with Crippen molar-refractivity contribution in [1.82, 2.24) is 5.32 Å². The predicted octanol–water partition coefficient (Wildman–Crippen LogP) is 0.923. The van der Waals surface area contributed by atoms with Crippen LogP contribution >= 0.6 is 0 Å². The summed E-state index contributed by atoms with van der Waals surface area (Å²) in [4.78, 5) is 22.9. The number of carboxylic acids is 1. The highest BCUT2D eigenvalue weighted by Crippen LogP contribution is 2.25. The normalized spacial score (nSPS) is 11.6. The van der Waals surface area contributed by atoms with E-state index in [1.54, 1.807) is 0 Å². The Morgan fingerprint density at radius 2 is 2.05 bits per heavy atom. The van der Waals surface area contributed by atoms with Gasteiger partial charge in [0.1, 0.15) is 17.1 Å². The predicted molar refractivity (Wildman–Crippen MR) is 74.9 cm³/mol. The molecule has 0 aliphatic rings. The molecule has 0 spiro atoms. The van der Waals surface area contributed by atoms with Crippen LogP contribution in [0.2, 0.25) is 0 Å². The monoisotopic (exact) mass is 297 g/mol. The molecule has 0 bridgehead atoms. The molecule has 1 aromatic carbocycles. The number of benzene rings is 1. The minimum Gasteiger partial charge on any atom is -0.497 e. The summed E-state index contributed by atoms with van der Waals surface area (Å²) in [5.74, 6) is -0.968. The number of hydrogen-bond donors (Lipinski definition) is 2. The maximum Gasteiger partial charge on any atom is 0.339 e. The molecule has 21 heavy (non-hydrogen) atoms. The molecule has 7 nitrogen and oxygen atoms in total. The van der Waals surface area contributed by atoms with Crippen molar-refractivity contribution in [1.29, 1.82) is 0 Å². The SMILES string of the molecule is COCCNC(=O)[C@H](C)Oc1cc(OC)ccc1C(=O)O. The van der Waals surface area contributed by atoms with Gasteiger partial charge in [-0.05, 0) is 19.1 Å². The largest absolute Gasteiger partial charge is 0.497 e. The summed E-state index contributed by atoms with van der Waals surface area (Å²) < 4.78 is 15.3. The smallest absolute Gasteiger partial charge is 0.339 e. The molecule has 0 fully saturated rings. The van der Waals surface area contributed by atoms with Crippen molar-refractivity contribution in [3.05, 3.63) is 23.8 Å². The van der Waals surface area contributed by atoms with E-state index in [0.29, 0.717) is 18.9 Å². The molecule has 116 valence electrons. The van der Waals surface area contributed by atoms with Crippen molar-refractivity contribution in [3.63, 3.8) is 0 Å². The Kier molecular flexibility index (Phi) is 6.48. The van der Waals surface area contributed by atoms with E-state index in [1.807, 2.05) is 0 Å². The van der Waals surface area contributed by atoms with Gasteiger partial charge in [0.2, 0.25) is 0 Å². The van der Waals surface area contributed by atoms with Crippen LogP contribution in [0.5, 0.6) is 11.5 Å². The second-order valence-corrected chi connectivity index (χ2v) is 4.21. The van der Waals surface area contributed by atoms with Crippen LogP contribution in [0.4, 0.5) is 0 Å². The Morgan fingerprint density at radius 1 is 1.33 bits per heavy atom. The number of aromatic carboxylic acids is 1. The second-order valence-electron chi connectivity index (χ2n) is 4.21. The van der Waals surface area contributed by atoms with E-state index in [4.69, 9.17) is 19.3 Å². The molecule has 0 radical (unpaired) electrons. The quantitative estimate of drug-likeness (QED) is 0.693. The third kappa shape index (κ3) is 4.96. The molecule has 1 aromatic rings. The molecule has 0 saturated carbocycles. The molecule has 2 N–H and O–H groups in total. The summed E-state index contributed by atoms with van der Waals surface area (Å²) in [5.41, 5.74) is -0.0349. The molecular weight excluding hydrogens is 278 g/mol. The van der Waals surface area contributed by atoms with Gasteiger partial charge in [-0.3, -0.25) is 4.79 Å². The van der Waals surface area contributed by atoms with E-state index in [2.05, 4.69) is 5.32 Å². The molecule has 0 aromatic heterocycles. The van der Waals surface area contributed by atoms with Gasteiger partial charge >= 0.3 is 5.97 Å². The van der Waals surface area contributed by atoms with Crippen LogP contribution in [0.1, 0.15) is 17.3 Å². The fourth-order valence-corrected chi connectivity index (χ4v) is 1.57. The lowest BCUT2D eigenvalue weighted by Gasteiger charge is -2.16. The first-order valence-corrected chi connectivity index (χ1v) is 6.34. The summed E-state index contributed by atoms with van der Waals surface area (Å²) in [6.07, 6.45) is -0.841. The standard InChI is InChI=1S/C14H19NO6/c1-9(13(16)15-6-7-19-2)21-12-8-10(20-3)4-5-11(12)14(17)18/h4-5,8-9H,6-7H2,1-3H3,(H,15,16)(H,17,18)/t9-/m0/s1. The van der Waals surface area contributed by atoms with Gasteiger partial charge in [-0.15, -0.1) is 0 Å². The van der Waals surface area contributed by atoms with Gasteiger partial charge in [-0.2, -0.15) is 0 Å². The summed E-state index contributed by atoms with van der Waals surface area (Å²) in [7, 11) is 2.99. The Morgan fingerprint density at radius 3 is 2.62 bits per heavy atom.